The number of hydrogen-bond donors (Lipinski definition) is 1. The Balaban J connectivity index is 1.41. The number of nitrogens with zero attached hydrogens (tertiary/aromatic N) is 2. The molecule has 1 unspecified atom stereocenters. The van der Waals surface area contributed by atoms with E-state index in [1.54, 1.807) is 37.3 Å². The van der Waals surface area contributed by atoms with E-state index in [-0.39, 0.29) is 42.7 Å². The molecule has 5 nitrogen and oxygen atoms in total. The fourth-order valence-corrected chi connectivity index (χ4v) is 3.53. The van der Waals surface area contributed by atoms with Gasteiger partial charge in [-0.1, -0.05) is 12.1 Å². The highest BCUT2D eigenvalue weighted by Crippen LogP contribution is 2.27. The molecule has 4 rings (SSSR count). The van der Waals surface area contributed by atoms with Crippen LogP contribution in [0.2, 0.25) is 0 Å². The van der Waals surface area contributed by atoms with Crippen LogP contribution in [0.15, 0.2) is 48.7 Å². The first-order valence-corrected chi connectivity index (χ1v) is 9.30. The van der Waals surface area contributed by atoms with Crippen molar-refractivity contribution in [1.82, 2.24) is 10.3 Å². The molecule has 1 atom stereocenters. The number of halogens is 2. The third kappa shape index (κ3) is 3.81. The van der Waals surface area contributed by atoms with E-state index in [4.69, 9.17) is 0 Å². The van der Waals surface area contributed by atoms with Crippen molar-refractivity contribution in [3.8, 4) is 0 Å². The Morgan fingerprint density at radius 1 is 1.21 bits per heavy atom. The zero-order chi connectivity index (χ0) is 20.5. The highest BCUT2D eigenvalue weighted by molar-refractivity contribution is 6.00. The lowest BCUT2D eigenvalue weighted by Gasteiger charge is -2.17. The van der Waals surface area contributed by atoms with E-state index < -0.39 is 11.7 Å². The molecule has 0 spiro atoms. The normalized spacial score (nSPS) is 16.4. The van der Waals surface area contributed by atoms with Gasteiger partial charge < -0.3 is 10.2 Å². The molecule has 1 aromatic heterocycles. The molecular formula is C22H19F2N3O2. The third-order valence-corrected chi connectivity index (χ3v) is 5.13. The van der Waals surface area contributed by atoms with E-state index in [9.17, 15) is 18.4 Å². The van der Waals surface area contributed by atoms with Crippen LogP contribution in [-0.2, 0) is 16.1 Å². The molecule has 1 fully saturated rings. The fraction of sp³-hybridized carbons (Fsp3) is 0.227. The largest absolute Gasteiger partial charge is 0.352 e. The monoisotopic (exact) mass is 395 g/mol. The number of carbonyl (C=O) groups excluding carboxylic acids is 2. The summed E-state index contributed by atoms with van der Waals surface area (Å²) in [4.78, 5) is 30.5. The van der Waals surface area contributed by atoms with E-state index in [0.717, 1.165) is 5.56 Å². The van der Waals surface area contributed by atoms with Crippen molar-refractivity contribution < 1.29 is 18.4 Å². The second-order valence-corrected chi connectivity index (χ2v) is 7.21. The van der Waals surface area contributed by atoms with E-state index in [0.29, 0.717) is 16.6 Å². The molecule has 0 saturated carbocycles. The summed E-state index contributed by atoms with van der Waals surface area (Å²) in [5.74, 6) is -1.62. The number of pyridine rings is 1. The molecule has 2 amide bonds. The maximum Gasteiger partial charge on any atom is 0.227 e. The van der Waals surface area contributed by atoms with Crippen LogP contribution < -0.4 is 10.2 Å². The highest BCUT2D eigenvalue weighted by Gasteiger charge is 2.35. The molecule has 0 bridgehead atoms. The van der Waals surface area contributed by atoms with Crippen molar-refractivity contribution in [3.63, 3.8) is 0 Å². The Bertz CT molecular complexity index is 1120. The van der Waals surface area contributed by atoms with Crippen molar-refractivity contribution in [2.24, 2.45) is 5.92 Å². The van der Waals surface area contributed by atoms with Crippen molar-refractivity contribution in [3.05, 3.63) is 71.4 Å². The number of hydrogen-bond acceptors (Lipinski definition) is 3. The fourth-order valence-electron chi connectivity index (χ4n) is 3.53. The molecule has 3 aromatic rings. The molecule has 1 saturated heterocycles. The lowest BCUT2D eigenvalue weighted by Crippen LogP contribution is -2.32. The topological polar surface area (TPSA) is 62.3 Å². The predicted octanol–water partition coefficient (Wildman–Crippen LogP) is 3.49. The summed E-state index contributed by atoms with van der Waals surface area (Å²) >= 11 is 0. The van der Waals surface area contributed by atoms with E-state index >= 15 is 0 Å². The van der Waals surface area contributed by atoms with Crippen LogP contribution in [0.1, 0.15) is 17.5 Å². The first kappa shape index (κ1) is 19.0. The van der Waals surface area contributed by atoms with Crippen LogP contribution in [0.4, 0.5) is 14.5 Å². The summed E-state index contributed by atoms with van der Waals surface area (Å²) < 4.78 is 27.2. The number of rotatable bonds is 4. The number of nitrogens with one attached hydrogen (secondary N) is 1. The second-order valence-electron chi connectivity index (χ2n) is 7.21. The summed E-state index contributed by atoms with van der Waals surface area (Å²) in [5, 5.41) is 3.48. The summed E-state index contributed by atoms with van der Waals surface area (Å²) in [5.41, 5.74) is 2.06. The smallest absolute Gasteiger partial charge is 0.227 e. The van der Waals surface area contributed by atoms with E-state index in [1.165, 1.54) is 23.2 Å². The maximum atomic E-state index is 13.7. The van der Waals surface area contributed by atoms with Crippen molar-refractivity contribution in [2.75, 3.05) is 11.4 Å². The van der Waals surface area contributed by atoms with Crippen LogP contribution in [0.25, 0.3) is 10.9 Å². The molecule has 7 heteroatoms. The minimum absolute atomic E-state index is 0.101. The lowest BCUT2D eigenvalue weighted by atomic mass is 10.1. The average molecular weight is 395 g/mol. The van der Waals surface area contributed by atoms with Gasteiger partial charge in [0.25, 0.3) is 0 Å². The van der Waals surface area contributed by atoms with E-state index in [1.807, 2.05) is 0 Å². The standard InChI is InChI=1S/C22H19F2N3O2/c1-13-7-17(5-6-18(13)23)27-12-16(9-20(27)28)22(29)26-11-14-8-15-3-2-4-19(24)21(15)25-10-14/h2-8,10,16H,9,11-12H2,1H3,(H,26,29). The molecule has 2 heterocycles. The van der Waals surface area contributed by atoms with Crippen molar-refractivity contribution in [1.29, 1.82) is 0 Å². The number of benzene rings is 2. The van der Waals surface area contributed by atoms with Gasteiger partial charge in [-0.05, 0) is 48.4 Å². The van der Waals surface area contributed by atoms with Gasteiger partial charge in [-0.25, -0.2) is 8.78 Å². The van der Waals surface area contributed by atoms with E-state index in [2.05, 4.69) is 10.3 Å². The summed E-state index contributed by atoms with van der Waals surface area (Å²) in [6.45, 7) is 2.11. The number of aryl methyl sites for hydroxylation is 1. The lowest BCUT2D eigenvalue weighted by molar-refractivity contribution is -0.126. The minimum Gasteiger partial charge on any atom is -0.352 e. The van der Waals surface area contributed by atoms with Gasteiger partial charge in [-0.3, -0.25) is 14.6 Å². The average Bonchev–Trinajstić information content (AvgIpc) is 3.10. The molecule has 0 radical (unpaired) electrons. The quantitative estimate of drug-likeness (QED) is 0.736. The van der Waals surface area contributed by atoms with Crippen LogP contribution in [0, 0.1) is 24.5 Å². The number of anilines is 1. The SMILES string of the molecule is Cc1cc(N2CC(C(=O)NCc3cnc4c(F)cccc4c3)CC2=O)ccc1F. The highest BCUT2D eigenvalue weighted by atomic mass is 19.1. The first-order valence-electron chi connectivity index (χ1n) is 9.30. The van der Waals surface area contributed by atoms with Crippen LogP contribution >= 0.6 is 0 Å². The number of carbonyl (C=O) groups is 2. The third-order valence-electron chi connectivity index (χ3n) is 5.13. The Labute approximate surface area is 166 Å². The summed E-state index contributed by atoms with van der Waals surface area (Å²) in [7, 11) is 0. The van der Waals surface area contributed by atoms with Gasteiger partial charge in [-0.15, -0.1) is 0 Å². The van der Waals surface area contributed by atoms with Crippen LogP contribution in [-0.4, -0.2) is 23.3 Å². The zero-order valence-electron chi connectivity index (χ0n) is 15.8. The number of para-hydroxylation sites is 1. The molecule has 1 N–H and O–H groups in total. The molecule has 1 aliphatic heterocycles. The molecular weight excluding hydrogens is 376 g/mol. The van der Waals surface area contributed by atoms with Gasteiger partial charge in [0.05, 0.1) is 5.92 Å². The van der Waals surface area contributed by atoms with Gasteiger partial charge in [0.15, 0.2) is 0 Å². The predicted molar refractivity (Wildman–Crippen MR) is 105 cm³/mol. The molecule has 29 heavy (non-hydrogen) atoms. The maximum absolute atomic E-state index is 13.7. The Morgan fingerprint density at radius 3 is 2.83 bits per heavy atom. The van der Waals surface area contributed by atoms with Crippen molar-refractivity contribution >= 4 is 28.4 Å². The van der Waals surface area contributed by atoms with Crippen LogP contribution in [0.3, 0.4) is 0 Å². The first-order chi connectivity index (χ1) is 13.9. The number of fused-ring (bicyclic) bond motifs is 1. The Morgan fingerprint density at radius 2 is 2.03 bits per heavy atom. The van der Waals surface area contributed by atoms with Gasteiger partial charge in [0.2, 0.25) is 11.8 Å². The molecule has 1 aliphatic rings. The summed E-state index contributed by atoms with van der Waals surface area (Å²) in [6, 6.07) is 11.0. The Kier molecular flexibility index (Phi) is 4.96. The van der Waals surface area contributed by atoms with Gasteiger partial charge in [-0.2, -0.15) is 0 Å². The van der Waals surface area contributed by atoms with Gasteiger partial charge >= 0.3 is 0 Å². The minimum atomic E-state index is -0.487. The number of aromatic nitrogens is 1. The second kappa shape index (κ2) is 7.58. The Hall–Kier alpha value is -3.35. The van der Waals surface area contributed by atoms with Crippen molar-refractivity contribution in [2.45, 2.75) is 19.9 Å². The molecule has 0 aliphatic carbocycles. The van der Waals surface area contributed by atoms with Gasteiger partial charge in [0, 0.05) is 36.8 Å². The molecule has 2 aromatic carbocycles. The molecule has 148 valence electrons. The number of amides is 2. The van der Waals surface area contributed by atoms with Crippen LogP contribution in [0.5, 0.6) is 0 Å². The summed E-state index contributed by atoms with van der Waals surface area (Å²) in [6.07, 6.45) is 1.63. The zero-order valence-corrected chi connectivity index (χ0v) is 15.8. The van der Waals surface area contributed by atoms with Gasteiger partial charge in [0.1, 0.15) is 17.2 Å².